The molecule has 2 rings (SSSR count). The van der Waals surface area contributed by atoms with Gasteiger partial charge in [0.1, 0.15) is 17.9 Å². The first kappa shape index (κ1) is 7.46. The van der Waals surface area contributed by atoms with Crippen LogP contribution < -0.4 is 0 Å². The molecule has 1 aromatic heterocycles. The van der Waals surface area contributed by atoms with Crippen molar-refractivity contribution >= 4 is 6.29 Å². The standard InChI is InChI=1S/C8H11N3O/c1-6-9-10-8-7(5-12)3-2-4-11(6)8/h5,7H,2-4H2,1H3. The van der Waals surface area contributed by atoms with Crippen LogP contribution in [-0.4, -0.2) is 21.1 Å². The summed E-state index contributed by atoms with van der Waals surface area (Å²) in [5.74, 6) is 1.73. The Morgan fingerprint density at radius 2 is 2.42 bits per heavy atom. The second-order valence-corrected chi connectivity index (χ2v) is 3.14. The van der Waals surface area contributed by atoms with Gasteiger partial charge in [0.2, 0.25) is 0 Å². The zero-order valence-corrected chi connectivity index (χ0v) is 7.03. The minimum atomic E-state index is -0.0278. The number of carbonyl (C=O) groups excluding carboxylic acids is 1. The summed E-state index contributed by atoms with van der Waals surface area (Å²) in [4.78, 5) is 10.7. The van der Waals surface area contributed by atoms with Crippen molar-refractivity contribution < 1.29 is 4.79 Å². The molecular weight excluding hydrogens is 154 g/mol. The van der Waals surface area contributed by atoms with Gasteiger partial charge in [0.15, 0.2) is 0 Å². The van der Waals surface area contributed by atoms with Crippen molar-refractivity contribution in [3.05, 3.63) is 11.6 Å². The van der Waals surface area contributed by atoms with Crippen LogP contribution >= 0.6 is 0 Å². The largest absolute Gasteiger partial charge is 0.315 e. The number of rotatable bonds is 1. The van der Waals surface area contributed by atoms with Crippen LogP contribution in [0.1, 0.15) is 30.4 Å². The summed E-state index contributed by atoms with van der Waals surface area (Å²) in [6.07, 6.45) is 2.94. The maximum absolute atomic E-state index is 10.7. The topological polar surface area (TPSA) is 47.8 Å². The van der Waals surface area contributed by atoms with E-state index in [0.29, 0.717) is 0 Å². The van der Waals surface area contributed by atoms with Crippen LogP contribution in [-0.2, 0) is 11.3 Å². The lowest BCUT2D eigenvalue weighted by molar-refractivity contribution is -0.109. The van der Waals surface area contributed by atoms with Gasteiger partial charge in [-0.3, -0.25) is 0 Å². The van der Waals surface area contributed by atoms with Gasteiger partial charge in [-0.25, -0.2) is 0 Å². The number of aromatic nitrogens is 3. The van der Waals surface area contributed by atoms with Crippen molar-refractivity contribution in [2.24, 2.45) is 0 Å². The minimum Gasteiger partial charge on any atom is -0.315 e. The highest BCUT2D eigenvalue weighted by Crippen LogP contribution is 2.23. The molecule has 0 aliphatic carbocycles. The van der Waals surface area contributed by atoms with Crippen LogP contribution in [0.15, 0.2) is 0 Å². The molecule has 1 aliphatic heterocycles. The van der Waals surface area contributed by atoms with Gasteiger partial charge in [-0.05, 0) is 19.8 Å². The van der Waals surface area contributed by atoms with Gasteiger partial charge >= 0.3 is 0 Å². The maximum Gasteiger partial charge on any atom is 0.143 e. The average Bonchev–Trinajstić information content (AvgIpc) is 2.48. The Balaban J connectivity index is 2.45. The third kappa shape index (κ3) is 0.948. The van der Waals surface area contributed by atoms with E-state index in [1.54, 1.807) is 0 Å². The summed E-state index contributed by atoms with van der Waals surface area (Å²) >= 11 is 0. The Kier molecular flexibility index (Phi) is 1.67. The molecule has 0 aromatic carbocycles. The molecule has 1 atom stereocenters. The van der Waals surface area contributed by atoms with Crippen LogP contribution in [0.4, 0.5) is 0 Å². The molecule has 4 nitrogen and oxygen atoms in total. The van der Waals surface area contributed by atoms with Crippen LogP contribution in [0.2, 0.25) is 0 Å². The highest BCUT2D eigenvalue weighted by molar-refractivity contribution is 5.60. The lowest BCUT2D eigenvalue weighted by atomic mass is 10.0. The Bertz CT molecular complexity index is 305. The van der Waals surface area contributed by atoms with Gasteiger partial charge in [0.25, 0.3) is 0 Å². The fourth-order valence-electron chi connectivity index (χ4n) is 1.68. The fourth-order valence-corrected chi connectivity index (χ4v) is 1.68. The Labute approximate surface area is 70.6 Å². The second-order valence-electron chi connectivity index (χ2n) is 3.14. The Hall–Kier alpha value is -1.19. The fraction of sp³-hybridized carbons (Fsp3) is 0.625. The van der Waals surface area contributed by atoms with Crippen LogP contribution in [0.3, 0.4) is 0 Å². The normalized spacial score (nSPS) is 21.9. The molecule has 0 saturated carbocycles. The number of carbonyl (C=O) groups is 1. The van der Waals surface area contributed by atoms with Crippen molar-refractivity contribution in [2.75, 3.05) is 0 Å². The quantitative estimate of drug-likeness (QED) is 0.574. The van der Waals surface area contributed by atoms with Gasteiger partial charge in [0.05, 0.1) is 5.92 Å². The number of aryl methyl sites for hydroxylation is 1. The maximum atomic E-state index is 10.7. The predicted molar refractivity (Wildman–Crippen MR) is 42.8 cm³/mol. The molecule has 0 amide bonds. The first-order valence-electron chi connectivity index (χ1n) is 4.18. The van der Waals surface area contributed by atoms with Crippen molar-refractivity contribution in [1.82, 2.24) is 14.8 Å². The molecule has 0 radical (unpaired) electrons. The van der Waals surface area contributed by atoms with Gasteiger partial charge in [-0.1, -0.05) is 0 Å². The monoisotopic (exact) mass is 165 g/mol. The first-order chi connectivity index (χ1) is 5.83. The van der Waals surface area contributed by atoms with Crippen molar-refractivity contribution in [1.29, 1.82) is 0 Å². The van der Waals surface area contributed by atoms with E-state index in [-0.39, 0.29) is 5.92 Å². The third-order valence-electron chi connectivity index (χ3n) is 2.36. The van der Waals surface area contributed by atoms with Crippen LogP contribution in [0.25, 0.3) is 0 Å². The van der Waals surface area contributed by atoms with Crippen molar-refractivity contribution in [3.8, 4) is 0 Å². The Morgan fingerprint density at radius 1 is 1.58 bits per heavy atom. The number of fused-ring (bicyclic) bond motifs is 1. The van der Waals surface area contributed by atoms with E-state index in [1.807, 2.05) is 11.5 Å². The summed E-state index contributed by atoms with van der Waals surface area (Å²) in [5.41, 5.74) is 0. The summed E-state index contributed by atoms with van der Waals surface area (Å²) in [6, 6.07) is 0. The zero-order chi connectivity index (χ0) is 8.55. The smallest absolute Gasteiger partial charge is 0.143 e. The van der Waals surface area contributed by atoms with E-state index in [0.717, 1.165) is 37.3 Å². The van der Waals surface area contributed by atoms with E-state index >= 15 is 0 Å². The summed E-state index contributed by atoms with van der Waals surface area (Å²) in [6.45, 7) is 2.88. The molecule has 1 aliphatic rings. The summed E-state index contributed by atoms with van der Waals surface area (Å²) in [7, 11) is 0. The lowest BCUT2D eigenvalue weighted by Gasteiger charge is -2.18. The SMILES string of the molecule is Cc1nnc2n1CCCC2C=O. The molecule has 12 heavy (non-hydrogen) atoms. The van der Waals surface area contributed by atoms with Crippen molar-refractivity contribution in [2.45, 2.75) is 32.2 Å². The minimum absolute atomic E-state index is 0.0278. The second kappa shape index (κ2) is 2.69. The molecule has 2 heterocycles. The number of aldehydes is 1. The lowest BCUT2D eigenvalue weighted by Crippen LogP contribution is -2.17. The molecular formula is C8H11N3O. The number of hydrogen-bond acceptors (Lipinski definition) is 3. The van der Waals surface area contributed by atoms with E-state index in [9.17, 15) is 4.79 Å². The molecule has 0 saturated heterocycles. The molecule has 1 aromatic rings. The van der Waals surface area contributed by atoms with Crippen LogP contribution in [0.5, 0.6) is 0 Å². The zero-order valence-electron chi connectivity index (χ0n) is 7.03. The molecule has 1 unspecified atom stereocenters. The Morgan fingerprint density at radius 3 is 3.17 bits per heavy atom. The van der Waals surface area contributed by atoms with E-state index < -0.39 is 0 Å². The highest BCUT2D eigenvalue weighted by Gasteiger charge is 2.22. The molecule has 0 spiro atoms. The third-order valence-corrected chi connectivity index (χ3v) is 2.36. The highest BCUT2D eigenvalue weighted by atomic mass is 16.1. The molecule has 4 heteroatoms. The molecule has 0 bridgehead atoms. The predicted octanol–water partition coefficient (Wildman–Crippen LogP) is 0.663. The summed E-state index contributed by atoms with van der Waals surface area (Å²) in [5, 5.41) is 7.94. The summed E-state index contributed by atoms with van der Waals surface area (Å²) < 4.78 is 2.03. The average molecular weight is 165 g/mol. The number of nitrogens with zero attached hydrogens (tertiary/aromatic N) is 3. The van der Waals surface area contributed by atoms with Crippen LogP contribution in [0, 0.1) is 6.92 Å². The molecule has 0 N–H and O–H groups in total. The first-order valence-corrected chi connectivity index (χ1v) is 4.18. The van der Waals surface area contributed by atoms with Gasteiger partial charge in [0, 0.05) is 6.54 Å². The molecule has 0 fully saturated rings. The van der Waals surface area contributed by atoms with E-state index in [4.69, 9.17) is 0 Å². The van der Waals surface area contributed by atoms with E-state index in [2.05, 4.69) is 10.2 Å². The van der Waals surface area contributed by atoms with Gasteiger partial charge in [-0.2, -0.15) is 0 Å². The number of hydrogen-bond donors (Lipinski definition) is 0. The van der Waals surface area contributed by atoms with Crippen molar-refractivity contribution in [3.63, 3.8) is 0 Å². The molecule has 64 valence electrons. The van der Waals surface area contributed by atoms with Gasteiger partial charge < -0.3 is 9.36 Å². The van der Waals surface area contributed by atoms with E-state index in [1.165, 1.54) is 0 Å². The van der Waals surface area contributed by atoms with Gasteiger partial charge in [-0.15, -0.1) is 10.2 Å².